The van der Waals surface area contributed by atoms with Crippen molar-refractivity contribution in [2.45, 2.75) is 30.9 Å². The lowest BCUT2D eigenvalue weighted by Crippen LogP contribution is -2.53. The fourth-order valence-electron chi connectivity index (χ4n) is 3.17. The third kappa shape index (κ3) is 6.23. The predicted molar refractivity (Wildman–Crippen MR) is 117 cm³/mol. The largest absolute Gasteiger partial charge is 0.490 e. The molecule has 2 aromatic rings. The van der Waals surface area contributed by atoms with Crippen LogP contribution in [0.1, 0.15) is 13.2 Å². The van der Waals surface area contributed by atoms with Gasteiger partial charge in [0.05, 0.1) is 12.9 Å². The molecule has 3 heterocycles. The van der Waals surface area contributed by atoms with E-state index in [4.69, 9.17) is 38.2 Å². The van der Waals surface area contributed by atoms with Gasteiger partial charge in [-0.3, -0.25) is 9.09 Å². The average Bonchev–Trinajstić information content (AvgIpc) is 3.17. The molecule has 1 saturated heterocycles. The number of phosphoric acid groups is 3. The molecule has 10 N–H and O–H groups in total. The molecular formula is C13H19N6O12P3S. The molecule has 0 aliphatic carbocycles. The summed E-state index contributed by atoms with van der Waals surface area (Å²) < 4.78 is 53.2. The van der Waals surface area contributed by atoms with Crippen molar-refractivity contribution in [2.75, 3.05) is 12.3 Å². The van der Waals surface area contributed by atoms with Crippen LogP contribution in [-0.4, -0.2) is 68.6 Å². The van der Waals surface area contributed by atoms with E-state index in [-0.39, 0.29) is 21.8 Å². The number of aliphatic hydroxyl groups excluding tert-OH is 1. The van der Waals surface area contributed by atoms with Gasteiger partial charge in [-0.05, 0) is 6.92 Å². The van der Waals surface area contributed by atoms with Crippen LogP contribution in [0.15, 0.2) is 6.33 Å². The number of rotatable bonds is 8. The molecule has 1 fully saturated rings. The first-order valence-corrected chi connectivity index (χ1v) is 14.0. The van der Waals surface area contributed by atoms with Gasteiger partial charge >= 0.3 is 23.5 Å². The number of aromatic nitrogens is 4. The molecule has 0 bridgehead atoms. The van der Waals surface area contributed by atoms with Crippen molar-refractivity contribution in [1.82, 2.24) is 19.5 Å². The fourth-order valence-corrected chi connectivity index (χ4v) is 6.45. The zero-order valence-corrected chi connectivity index (χ0v) is 20.9. The predicted octanol–water partition coefficient (Wildman–Crippen LogP) is -0.607. The van der Waals surface area contributed by atoms with E-state index in [0.29, 0.717) is 0 Å². The Morgan fingerprint density at radius 3 is 2.54 bits per heavy atom. The van der Waals surface area contributed by atoms with Crippen molar-refractivity contribution in [1.29, 1.82) is 0 Å². The molecule has 2 aromatic heterocycles. The van der Waals surface area contributed by atoms with Gasteiger partial charge in [0.2, 0.25) is 5.95 Å². The van der Waals surface area contributed by atoms with Crippen LogP contribution in [0.4, 0.5) is 5.95 Å². The Morgan fingerprint density at radius 1 is 1.29 bits per heavy atom. The van der Waals surface area contributed by atoms with Crippen molar-refractivity contribution in [2.24, 2.45) is 5.73 Å². The lowest BCUT2D eigenvalue weighted by atomic mass is 9.91. The number of aromatic amines is 1. The van der Waals surface area contributed by atoms with Crippen molar-refractivity contribution in [3.05, 3.63) is 11.0 Å². The minimum atomic E-state index is -5.73. The van der Waals surface area contributed by atoms with Gasteiger partial charge in [-0.2, -0.15) is 13.6 Å². The summed E-state index contributed by atoms with van der Waals surface area (Å²) in [5.41, 5.74) is 10.5. The summed E-state index contributed by atoms with van der Waals surface area (Å²) >= 11 is 5.15. The Balaban J connectivity index is 1.87. The second-order valence-corrected chi connectivity index (χ2v) is 11.8. The number of nitrogen functional groups attached to an aromatic ring is 1. The van der Waals surface area contributed by atoms with Crippen LogP contribution >= 0.6 is 35.7 Å². The maximum absolute atomic E-state index is 12.0. The molecule has 3 unspecified atom stereocenters. The van der Waals surface area contributed by atoms with Gasteiger partial charge in [0, 0.05) is 0 Å². The Morgan fingerprint density at radius 2 is 1.94 bits per heavy atom. The standard InChI is InChI=1S/C13H19N6O12P3S/c1-2-3-13(15)8(20)6(4-28-33(24,25)31-34(26,27)30-32(21,22)23)29-11(13)19-5-16-7-9(19)17-12(14)18-10(7)35/h5-6,8,11,20H,4,15H2,1H3,(H,24,25)(H,26,27)(H2,21,22,23)(H3,14,17,18,35)/t6-,8+,11-,13?/m1/s1. The maximum atomic E-state index is 12.0. The molecule has 1 aliphatic rings. The molecule has 1 aliphatic heterocycles. The minimum Gasteiger partial charge on any atom is -0.387 e. The molecule has 0 amide bonds. The van der Waals surface area contributed by atoms with Gasteiger partial charge in [-0.1, -0.05) is 18.1 Å². The van der Waals surface area contributed by atoms with Gasteiger partial charge in [0.1, 0.15) is 22.4 Å². The number of aliphatic hydroxyl groups is 1. The summed E-state index contributed by atoms with van der Waals surface area (Å²) in [6.45, 7) is 0.463. The molecular weight excluding hydrogens is 557 g/mol. The summed E-state index contributed by atoms with van der Waals surface area (Å²) in [4.78, 5) is 46.9. The zero-order valence-electron chi connectivity index (χ0n) is 17.4. The van der Waals surface area contributed by atoms with Crippen molar-refractivity contribution >= 4 is 52.8 Å². The summed E-state index contributed by atoms with van der Waals surface area (Å²) in [6, 6.07) is 0. The number of nitrogens with one attached hydrogen (secondary N) is 1. The first kappa shape index (κ1) is 28.0. The molecule has 0 radical (unpaired) electrons. The van der Waals surface area contributed by atoms with Crippen molar-refractivity contribution in [3.63, 3.8) is 0 Å². The molecule has 18 nitrogen and oxygen atoms in total. The first-order chi connectivity index (χ1) is 16.0. The number of fused-ring (bicyclic) bond motifs is 1. The second-order valence-electron chi connectivity index (χ2n) is 6.94. The highest BCUT2D eigenvalue weighted by Crippen LogP contribution is 2.66. The summed E-state index contributed by atoms with van der Waals surface area (Å²) in [5, 5.41) is 10.8. The smallest absolute Gasteiger partial charge is 0.387 e. The summed E-state index contributed by atoms with van der Waals surface area (Å²) in [7, 11) is -16.8. The average molecular weight is 576 g/mol. The molecule has 194 valence electrons. The first-order valence-electron chi connectivity index (χ1n) is 9.05. The van der Waals surface area contributed by atoms with E-state index in [1.165, 1.54) is 17.8 Å². The number of phosphoric ester groups is 1. The van der Waals surface area contributed by atoms with Crippen molar-refractivity contribution in [3.8, 4) is 11.8 Å². The highest BCUT2D eigenvalue weighted by Gasteiger charge is 2.55. The molecule has 6 atom stereocenters. The number of hydrogen-bond acceptors (Lipinski definition) is 13. The molecule has 0 spiro atoms. The van der Waals surface area contributed by atoms with Crippen LogP contribution in [0.2, 0.25) is 0 Å². The van der Waals surface area contributed by atoms with Gasteiger partial charge in [0.15, 0.2) is 17.4 Å². The van der Waals surface area contributed by atoms with Gasteiger partial charge in [-0.15, -0.1) is 5.92 Å². The Hall–Kier alpha value is -1.58. The normalized spacial score (nSPS) is 28.3. The third-order valence-electron chi connectivity index (χ3n) is 4.42. The van der Waals surface area contributed by atoms with E-state index in [2.05, 4.69) is 39.9 Å². The number of nitrogens with two attached hydrogens (primary N) is 2. The SMILES string of the molecule is CC#CC1(N)[C@@H](O)[C@@H](COP(=O)(O)OP(=O)(O)OP(=O)(O)O)O[C@H]1n1cnc2c(=S)[nH]c(N)nc21. The number of nitrogens with zero attached hydrogens (tertiary/aromatic N) is 3. The van der Waals surface area contributed by atoms with Crippen LogP contribution in [0.5, 0.6) is 0 Å². The van der Waals surface area contributed by atoms with Crippen LogP contribution in [-0.2, 0) is 31.6 Å². The topological polar surface area (TPSA) is 288 Å². The van der Waals surface area contributed by atoms with Crippen LogP contribution < -0.4 is 11.5 Å². The Kier molecular flexibility index (Phi) is 7.77. The number of anilines is 1. The number of ether oxygens (including phenoxy) is 1. The van der Waals surface area contributed by atoms with E-state index in [1.54, 1.807) is 0 Å². The van der Waals surface area contributed by atoms with Crippen LogP contribution in [0, 0.1) is 16.5 Å². The van der Waals surface area contributed by atoms with E-state index >= 15 is 0 Å². The Bertz CT molecular complexity index is 1400. The highest BCUT2D eigenvalue weighted by molar-refractivity contribution is 7.71. The molecule has 0 aromatic carbocycles. The van der Waals surface area contributed by atoms with Crippen LogP contribution in [0.25, 0.3) is 11.2 Å². The monoisotopic (exact) mass is 576 g/mol. The quantitative estimate of drug-likeness (QED) is 0.110. The number of imidazole rings is 1. The number of hydrogen-bond donors (Lipinski definition) is 8. The number of H-pyrrole nitrogens is 1. The molecule has 22 heteroatoms. The van der Waals surface area contributed by atoms with Gasteiger partial charge in [-0.25, -0.2) is 18.7 Å². The molecule has 0 saturated carbocycles. The van der Waals surface area contributed by atoms with Gasteiger partial charge in [0.25, 0.3) is 0 Å². The zero-order chi connectivity index (χ0) is 26.4. The second kappa shape index (κ2) is 9.71. The van der Waals surface area contributed by atoms with E-state index < -0.39 is 54.0 Å². The van der Waals surface area contributed by atoms with E-state index in [9.17, 15) is 28.6 Å². The lowest BCUT2D eigenvalue weighted by molar-refractivity contribution is -0.0438. The summed E-state index contributed by atoms with van der Waals surface area (Å²) in [6.07, 6.45) is -3.24. The van der Waals surface area contributed by atoms with Gasteiger partial charge < -0.3 is 45.9 Å². The fraction of sp³-hybridized carbons (Fsp3) is 0.462. The van der Waals surface area contributed by atoms with Crippen LogP contribution in [0.3, 0.4) is 0 Å². The highest BCUT2D eigenvalue weighted by atomic mass is 32.1. The lowest BCUT2D eigenvalue weighted by Gasteiger charge is -2.27. The van der Waals surface area contributed by atoms with E-state index in [1.807, 2.05) is 0 Å². The maximum Gasteiger partial charge on any atom is 0.490 e. The van der Waals surface area contributed by atoms with Crippen molar-refractivity contribution < 1.29 is 56.3 Å². The summed E-state index contributed by atoms with van der Waals surface area (Å²) in [5.74, 6) is 5.08. The molecule has 35 heavy (non-hydrogen) atoms. The third-order valence-corrected chi connectivity index (χ3v) is 8.51. The molecule has 3 rings (SSSR count). The minimum absolute atomic E-state index is 0.0591. The van der Waals surface area contributed by atoms with E-state index in [0.717, 1.165) is 0 Å². The Labute approximate surface area is 200 Å².